The van der Waals surface area contributed by atoms with E-state index in [9.17, 15) is 23.1 Å². The second-order valence-electron chi connectivity index (χ2n) is 5.44. The second-order valence-corrected chi connectivity index (χ2v) is 5.44. The van der Waals surface area contributed by atoms with E-state index in [1.165, 1.54) is 7.11 Å². The Morgan fingerprint density at radius 1 is 1.27 bits per heavy atom. The standard InChI is InChI=1S/C15H18F3NO3/c1-22-15(21)14(20)9-2-4-19(5-3-9)8-10-6-12(17)13(18)7-11(10)16/h6-7,9,14,20H,2-5,8H2,1H3. The number of hydrogen-bond acceptors (Lipinski definition) is 4. The van der Waals surface area contributed by atoms with Gasteiger partial charge in [0, 0.05) is 18.2 Å². The molecule has 0 spiro atoms. The molecule has 122 valence electrons. The number of carbonyl (C=O) groups excluding carboxylic acids is 1. The van der Waals surface area contributed by atoms with Gasteiger partial charge in [0.15, 0.2) is 17.7 Å². The summed E-state index contributed by atoms with van der Waals surface area (Å²) in [5.74, 6) is -3.94. The van der Waals surface area contributed by atoms with Gasteiger partial charge in [0.05, 0.1) is 7.11 Å². The van der Waals surface area contributed by atoms with Crippen molar-refractivity contribution in [3.63, 3.8) is 0 Å². The molecule has 0 saturated carbocycles. The molecule has 1 heterocycles. The minimum Gasteiger partial charge on any atom is -0.467 e. The fraction of sp³-hybridized carbons (Fsp3) is 0.533. The molecular weight excluding hydrogens is 299 g/mol. The number of aliphatic hydroxyl groups excluding tert-OH is 1. The Kier molecular flexibility index (Phi) is 5.42. The first-order valence-electron chi connectivity index (χ1n) is 7.04. The summed E-state index contributed by atoms with van der Waals surface area (Å²) in [5, 5.41) is 9.79. The summed E-state index contributed by atoms with van der Waals surface area (Å²) >= 11 is 0. The number of esters is 1. The van der Waals surface area contributed by atoms with E-state index < -0.39 is 29.5 Å². The molecule has 1 aromatic rings. The Bertz CT molecular complexity index is 545. The minimum atomic E-state index is -1.21. The predicted octanol–water partition coefficient (Wildman–Crippen LogP) is 1.85. The third kappa shape index (κ3) is 3.78. The Labute approximate surface area is 126 Å². The number of rotatable bonds is 4. The zero-order valence-electron chi connectivity index (χ0n) is 12.2. The van der Waals surface area contributed by atoms with Crippen molar-refractivity contribution in [2.75, 3.05) is 20.2 Å². The van der Waals surface area contributed by atoms with E-state index in [1.54, 1.807) is 0 Å². The van der Waals surface area contributed by atoms with Crippen LogP contribution < -0.4 is 0 Å². The maximum Gasteiger partial charge on any atom is 0.334 e. The number of piperidine rings is 1. The fourth-order valence-corrected chi connectivity index (χ4v) is 2.67. The van der Waals surface area contributed by atoms with Crippen molar-refractivity contribution in [1.29, 1.82) is 0 Å². The largest absolute Gasteiger partial charge is 0.467 e. The van der Waals surface area contributed by atoms with Crippen LogP contribution in [0.15, 0.2) is 12.1 Å². The minimum absolute atomic E-state index is 0.0888. The lowest BCUT2D eigenvalue weighted by molar-refractivity contribution is -0.154. The van der Waals surface area contributed by atoms with Gasteiger partial charge in [0.1, 0.15) is 5.82 Å². The molecule has 1 N–H and O–H groups in total. The summed E-state index contributed by atoms with van der Waals surface area (Å²) < 4.78 is 44.2. The SMILES string of the molecule is COC(=O)C(O)C1CCN(Cc2cc(F)c(F)cc2F)CC1. The number of hydrogen-bond donors (Lipinski definition) is 1. The molecule has 1 aromatic carbocycles. The first-order chi connectivity index (χ1) is 10.4. The molecule has 1 atom stereocenters. The van der Waals surface area contributed by atoms with Crippen LogP contribution in [0.5, 0.6) is 0 Å². The maximum absolute atomic E-state index is 13.6. The molecule has 0 amide bonds. The van der Waals surface area contributed by atoms with E-state index in [4.69, 9.17) is 0 Å². The number of benzene rings is 1. The van der Waals surface area contributed by atoms with Gasteiger partial charge in [-0.3, -0.25) is 4.90 Å². The van der Waals surface area contributed by atoms with Crippen molar-refractivity contribution < 1.29 is 27.8 Å². The second kappa shape index (κ2) is 7.11. The summed E-state index contributed by atoms with van der Waals surface area (Å²) in [5.41, 5.74) is 0.0888. The number of likely N-dealkylation sites (tertiary alicyclic amines) is 1. The highest BCUT2D eigenvalue weighted by Gasteiger charge is 2.30. The first-order valence-corrected chi connectivity index (χ1v) is 7.04. The van der Waals surface area contributed by atoms with Gasteiger partial charge < -0.3 is 9.84 Å². The van der Waals surface area contributed by atoms with Crippen molar-refractivity contribution in [1.82, 2.24) is 4.90 Å². The molecule has 2 rings (SSSR count). The molecule has 0 radical (unpaired) electrons. The van der Waals surface area contributed by atoms with Crippen LogP contribution in [0.4, 0.5) is 13.2 Å². The van der Waals surface area contributed by atoms with E-state index in [0.29, 0.717) is 32.0 Å². The van der Waals surface area contributed by atoms with Gasteiger partial charge in [-0.2, -0.15) is 0 Å². The average Bonchev–Trinajstić information content (AvgIpc) is 2.52. The zero-order valence-corrected chi connectivity index (χ0v) is 12.2. The van der Waals surface area contributed by atoms with Gasteiger partial charge in [-0.1, -0.05) is 0 Å². The number of halogens is 3. The van der Waals surface area contributed by atoms with Crippen molar-refractivity contribution in [3.05, 3.63) is 35.1 Å². The molecule has 1 saturated heterocycles. The summed E-state index contributed by atoms with van der Waals surface area (Å²) in [4.78, 5) is 13.2. The van der Waals surface area contributed by atoms with E-state index in [2.05, 4.69) is 4.74 Å². The molecule has 7 heteroatoms. The van der Waals surface area contributed by atoms with Gasteiger partial charge in [-0.05, 0) is 37.9 Å². The van der Waals surface area contributed by atoms with Crippen LogP contribution in [0.2, 0.25) is 0 Å². The van der Waals surface area contributed by atoms with Crippen LogP contribution in [0, 0.1) is 23.4 Å². The summed E-state index contributed by atoms with van der Waals surface area (Å²) in [7, 11) is 1.21. The normalized spacial score (nSPS) is 18.2. The summed E-state index contributed by atoms with van der Waals surface area (Å²) in [6.45, 7) is 1.21. The smallest absolute Gasteiger partial charge is 0.334 e. The molecule has 22 heavy (non-hydrogen) atoms. The van der Waals surface area contributed by atoms with Crippen LogP contribution in [0.1, 0.15) is 18.4 Å². The Morgan fingerprint density at radius 2 is 1.86 bits per heavy atom. The topological polar surface area (TPSA) is 49.8 Å². The van der Waals surface area contributed by atoms with Crippen molar-refractivity contribution in [2.24, 2.45) is 5.92 Å². The number of carbonyl (C=O) groups is 1. The van der Waals surface area contributed by atoms with Crippen LogP contribution in [0.3, 0.4) is 0 Å². The number of methoxy groups -OCH3 is 1. The monoisotopic (exact) mass is 317 g/mol. The fourth-order valence-electron chi connectivity index (χ4n) is 2.67. The van der Waals surface area contributed by atoms with Gasteiger partial charge in [0.25, 0.3) is 0 Å². The van der Waals surface area contributed by atoms with Crippen LogP contribution in [-0.4, -0.2) is 42.3 Å². The Balaban J connectivity index is 1.93. The highest BCUT2D eigenvalue weighted by atomic mass is 19.2. The van der Waals surface area contributed by atoms with Crippen LogP contribution in [0.25, 0.3) is 0 Å². The number of ether oxygens (including phenoxy) is 1. The van der Waals surface area contributed by atoms with Crippen molar-refractivity contribution >= 4 is 5.97 Å². The summed E-state index contributed by atoms with van der Waals surface area (Å²) in [6.07, 6.45) is -0.0736. The average molecular weight is 317 g/mol. The molecule has 0 bridgehead atoms. The van der Waals surface area contributed by atoms with Crippen LogP contribution >= 0.6 is 0 Å². The molecule has 1 aliphatic rings. The van der Waals surface area contributed by atoms with Gasteiger partial charge in [-0.25, -0.2) is 18.0 Å². The van der Waals surface area contributed by atoms with E-state index in [1.807, 2.05) is 4.90 Å². The first kappa shape index (κ1) is 16.8. The number of aliphatic hydroxyl groups is 1. The highest BCUT2D eigenvalue weighted by Crippen LogP contribution is 2.24. The third-order valence-corrected chi connectivity index (χ3v) is 4.00. The molecule has 1 aliphatic heterocycles. The molecule has 0 aromatic heterocycles. The summed E-state index contributed by atoms with van der Waals surface area (Å²) in [6, 6.07) is 1.40. The maximum atomic E-state index is 13.6. The molecule has 1 unspecified atom stereocenters. The van der Waals surface area contributed by atoms with Gasteiger partial charge in [-0.15, -0.1) is 0 Å². The van der Waals surface area contributed by atoms with E-state index in [-0.39, 0.29) is 18.0 Å². The number of nitrogens with zero attached hydrogens (tertiary/aromatic N) is 1. The molecule has 4 nitrogen and oxygen atoms in total. The molecule has 1 fully saturated rings. The molecular formula is C15H18F3NO3. The lowest BCUT2D eigenvalue weighted by atomic mass is 9.91. The van der Waals surface area contributed by atoms with Crippen LogP contribution in [-0.2, 0) is 16.1 Å². The Morgan fingerprint density at radius 3 is 2.45 bits per heavy atom. The Hall–Kier alpha value is -1.60. The highest BCUT2D eigenvalue weighted by molar-refractivity contribution is 5.74. The predicted molar refractivity (Wildman–Crippen MR) is 72.3 cm³/mol. The van der Waals surface area contributed by atoms with E-state index in [0.717, 1.165) is 6.07 Å². The van der Waals surface area contributed by atoms with Gasteiger partial charge >= 0.3 is 5.97 Å². The van der Waals surface area contributed by atoms with Gasteiger partial charge in [0.2, 0.25) is 0 Å². The van der Waals surface area contributed by atoms with Crippen molar-refractivity contribution in [3.8, 4) is 0 Å². The van der Waals surface area contributed by atoms with E-state index >= 15 is 0 Å². The lowest BCUT2D eigenvalue weighted by Crippen LogP contribution is -2.40. The quantitative estimate of drug-likeness (QED) is 0.680. The third-order valence-electron chi connectivity index (χ3n) is 4.00. The lowest BCUT2D eigenvalue weighted by Gasteiger charge is -2.33. The zero-order chi connectivity index (χ0) is 16.3. The molecule has 0 aliphatic carbocycles. The van der Waals surface area contributed by atoms with Crippen molar-refractivity contribution in [2.45, 2.75) is 25.5 Å².